The number of piperidine rings is 2. The summed E-state index contributed by atoms with van der Waals surface area (Å²) in [6.07, 6.45) is -0.295. The third-order valence-electron chi connectivity index (χ3n) is 7.73. The van der Waals surface area contributed by atoms with Gasteiger partial charge in [0.25, 0.3) is 0 Å². The minimum Gasteiger partial charge on any atom is -0.242 e. The van der Waals surface area contributed by atoms with Crippen molar-refractivity contribution in [1.29, 1.82) is 0 Å². The Morgan fingerprint density at radius 3 is 1.79 bits per heavy atom. The van der Waals surface area contributed by atoms with Gasteiger partial charge in [0.1, 0.15) is 0 Å². The summed E-state index contributed by atoms with van der Waals surface area (Å²) in [6.45, 7) is 3.92. The molecule has 2 aliphatic rings. The highest BCUT2D eigenvalue weighted by molar-refractivity contribution is 7.10. The average Bonchev–Trinajstić information content (AvgIpc) is 3.64. The summed E-state index contributed by atoms with van der Waals surface area (Å²) in [7, 11) is 0. The second-order valence-electron chi connectivity index (χ2n) is 10.1. The van der Waals surface area contributed by atoms with Gasteiger partial charge < -0.3 is 0 Å². The van der Waals surface area contributed by atoms with Crippen LogP contribution in [0.3, 0.4) is 0 Å². The summed E-state index contributed by atoms with van der Waals surface area (Å²) < 4.78 is 40.4. The van der Waals surface area contributed by atoms with Crippen LogP contribution in [0.15, 0.2) is 59.3 Å². The lowest BCUT2D eigenvalue weighted by Gasteiger charge is -2.42. The molecule has 2 aliphatic heterocycles. The molecule has 2 fully saturated rings. The Labute approximate surface area is 239 Å². The molecule has 10 heteroatoms. The molecule has 2 aromatic heterocycles. The highest BCUT2D eigenvalue weighted by atomic mass is 35.5. The fraction of sp³-hybridized carbons (Fsp3) is 0.379. The van der Waals surface area contributed by atoms with E-state index in [0.717, 1.165) is 79.2 Å². The van der Waals surface area contributed by atoms with Crippen LogP contribution in [0, 0.1) is 0 Å². The maximum atomic E-state index is 13.5. The molecule has 0 bridgehead atoms. The fourth-order valence-corrected chi connectivity index (χ4v) is 7.69. The molecule has 0 amide bonds. The summed E-state index contributed by atoms with van der Waals surface area (Å²) in [5, 5.41) is 11.7. The molecular formula is C29H28ClF3N4S2. The van der Waals surface area contributed by atoms with E-state index in [4.69, 9.17) is 16.6 Å². The topological polar surface area (TPSA) is 32.3 Å². The molecule has 0 N–H and O–H groups in total. The predicted molar refractivity (Wildman–Crippen MR) is 152 cm³/mol. The second kappa shape index (κ2) is 11.3. The van der Waals surface area contributed by atoms with E-state index in [1.54, 1.807) is 22.8 Å². The second-order valence-corrected chi connectivity index (χ2v) is 12.4. The minimum atomic E-state index is -4.39. The smallest absolute Gasteiger partial charge is 0.242 e. The van der Waals surface area contributed by atoms with Crippen LogP contribution in [0.1, 0.15) is 53.1 Å². The van der Waals surface area contributed by atoms with Crippen LogP contribution in [0.25, 0.3) is 22.5 Å². The monoisotopic (exact) mass is 588 g/mol. The number of nitrogens with zero attached hydrogens (tertiary/aromatic N) is 4. The van der Waals surface area contributed by atoms with Crippen molar-refractivity contribution in [2.24, 2.45) is 0 Å². The van der Waals surface area contributed by atoms with E-state index in [-0.39, 0.29) is 11.5 Å². The van der Waals surface area contributed by atoms with Gasteiger partial charge in [-0.2, -0.15) is 13.2 Å². The van der Waals surface area contributed by atoms with Crippen molar-refractivity contribution < 1.29 is 13.2 Å². The van der Waals surface area contributed by atoms with E-state index in [2.05, 4.69) is 20.4 Å². The molecule has 0 aliphatic carbocycles. The molecule has 4 heterocycles. The van der Waals surface area contributed by atoms with Gasteiger partial charge in [0.15, 0.2) is 0 Å². The largest absolute Gasteiger partial charge is 0.417 e. The molecule has 6 rings (SSSR count). The van der Waals surface area contributed by atoms with Crippen molar-refractivity contribution >= 4 is 34.3 Å². The Hall–Kier alpha value is -2.30. The quantitative estimate of drug-likeness (QED) is 0.234. The zero-order chi connectivity index (χ0) is 27.0. The molecule has 2 aromatic carbocycles. The molecule has 0 spiro atoms. The molecule has 4 aromatic rings. The van der Waals surface area contributed by atoms with Gasteiger partial charge in [0.05, 0.1) is 27.0 Å². The highest BCUT2D eigenvalue weighted by Gasteiger charge is 2.34. The van der Waals surface area contributed by atoms with Crippen LogP contribution in [0.5, 0.6) is 0 Å². The summed E-state index contributed by atoms with van der Waals surface area (Å²) in [5.41, 5.74) is 2.07. The lowest BCUT2D eigenvalue weighted by atomic mass is 9.96. The number of hydrogen-bond donors (Lipinski definition) is 0. The van der Waals surface area contributed by atoms with Crippen molar-refractivity contribution in [3.05, 3.63) is 79.9 Å². The maximum absolute atomic E-state index is 13.5. The Balaban J connectivity index is 1.03. The standard InChI is InChI=1S/C29H28ClF3N4S2/c30-22-7-5-19(6-8-22)25-17-38-27(34-25)20-9-13-36(14-10-20)37-15-11-21(12-16-37)28-35-26(18-39-28)23-3-1-2-4-24(23)29(31,32)33/h1-8,17-18,20-21H,9-16H2. The van der Waals surface area contributed by atoms with Crippen molar-refractivity contribution in [1.82, 2.24) is 20.0 Å². The van der Waals surface area contributed by atoms with Crippen molar-refractivity contribution in [3.8, 4) is 22.5 Å². The summed E-state index contributed by atoms with van der Waals surface area (Å²) in [5.74, 6) is 0.773. The van der Waals surface area contributed by atoms with Crippen LogP contribution in [-0.2, 0) is 6.18 Å². The molecule has 0 unspecified atom stereocenters. The Morgan fingerprint density at radius 2 is 1.23 bits per heavy atom. The first-order valence-electron chi connectivity index (χ1n) is 13.2. The molecule has 0 radical (unpaired) electrons. The van der Waals surface area contributed by atoms with Gasteiger partial charge in [-0.1, -0.05) is 41.9 Å². The number of benzene rings is 2. The summed E-state index contributed by atoms with van der Waals surface area (Å²) in [6, 6.07) is 13.5. The van der Waals surface area contributed by atoms with E-state index in [9.17, 15) is 13.2 Å². The van der Waals surface area contributed by atoms with Crippen molar-refractivity contribution in [3.63, 3.8) is 0 Å². The first kappa shape index (κ1) is 26.9. The first-order valence-corrected chi connectivity index (χ1v) is 15.3. The zero-order valence-corrected chi connectivity index (χ0v) is 23.6. The number of hydrazine groups is 1. The number of halogens is 4. The van der Waals surface area contributed by atoms with Gasteiger partial charge in [-0.15, -0.1) is 22.7 Å². The molecule has 4 nitrogen and oxygen atoms in total. The van der Waals surface area contributed by atoms with Gasteiger partial charge in [-0.25, -0.2) is 20.0 Å². The van der Waals surface area contributed by atoms with E-state index >= 15 is 0 Å². The normalized spacial score (nSPS) is 18.6. The predicted octanol–water partition coefficient (Wildman–Crippen LogP) is 8.58. The Kier molecular flexibility index (Phi) is 7.79. The Morgan fingerprint density at radius 1 is 0.718 bits per heavy atom. The fourth-order valence-electron chi connectivity index (χ4n) is 5.57. The number of aromatic nitrogens is 2. The van der Waals surface area contributed by atoms with Gasteiger partial charge >= 0.3 is 6.18 Å². The van der Waals surface area contributed by atoms with Crippen LogP contribution in [0.2, 0.25) is 5.02 Å². The molecule has 204 valence electrons. The third kappa shape index (κ3) is 5.93. The average molecular weight is 589 g/mol. The van der Waals surface area contributed by atoms with Gasteiger partial charge in [0, 0.05) is 64.9 Å². The molecule has 0 atom stereocenters. The number of alkyl halides is 3. The van der Waals surface area contributed by atoms with Gasteiger partial charge in [0.2, 0.25) is 0 Å². The van der Waals surface area contributed by atoms with E-state index in [1.165, 1.54) is 28.5 Å². The molecule has 0 saturated carbocycles. The lowest BCUT2D eigenvalue weighted by Crippen LogP contribution is -2.49. The zero-order valence-electron chi connectivity index (χ0n) is 21.2. The van der Waals surface area contributed by atoms with Crippen LogP contribution >= 0.6 is 34.3 Å². The van der Waals surface area contributed by atoms with E-state index in [1.807, 2.05) is 24.3 Å². The molecule has 39 heavy (non-hydrogen) atoms. The van der Waals surface area contributed by atoms with Crippen molar-refractivity contribution in [2.45, 2.75) is 43.7 Å². The minimum absolute atomic E-state index is 0.160. The Bertz CT molecular complexity index is 1400. The summed E-state index contributed by atoms with van der Waals surface area (Å²) >= 11 is 9.25. The number of hydrogen-bond acceptors (Lipinski definition) is 6. The van der Waals surface area contributed by atoms with E-state index < -0.39 is 11.7 Å². The number of rotatable bonds is 5. The van der Waals surface area contributed by atoms with Gasteiger partial charge in [-0.3, -0.25) is 0 Å². The maximum Gasteiger partial charge on any atom is 0.417 e. The number of thiazole rings is 2. The van der Waals surface area contributed by atoms with E-state index in [0.29, 0.717) is 11.6 Å². The molecular weight excluding hydrogens is 561 g/mol. The SMILES string of the molecule is FC(F)(F)c1ccccc1-c1csc(C2CCN(N3CCC(c4nc(-c5ccc(Cl)cc5)cs4)CC3)CC2)n1. The highest BCUT2D eigenvalue weighted by Crippen LogP contribution is 2.40. The summed E-state index contributed by atoms with van der Waals surface area (Å²) in [4.78, 5) is 9.59. The molecule has 2 saturated heterocycles. The third-order valence-corrected chi connectivity index (χ3v) is 10.00. The first-order chi connectivity index (χ1) is 18.8. The van der Waals surface area contributed by atoms with Crippen LogP contribution < -0.4 is 0 Å². The van der Waals surface area contributed by atoms with Crippen LogP contribution in [-0.4, -0.2) is 46.2 Å². The lowest BCUT2D eigenvalue weighted by molar-refractivity contribution is -0.137. The van der Waals surface area contributed by atoms with Crippen molar-refractivity contribution in [2.75, 3.05) is 26.2 Å². The van der Waals surface area contributed by atoms with Crippen LogP contribution in [0.4, 0.5) is 13.2 Å². The van der Waals surface area contributed by atoms with Gasteiger partial charge in [-0.05, 0) is 43.9 Å².